The van der Waals surface area contributed by atoms with Crippen molar-refractivity contribution in [3.63, 3.8) is 0 Å². The Morgan fingerprint density at radius 1 is 1.42 bits per heavy atom. The van der Waals surface area contributed by atoms with Gasteiger partial charge in [-0.25, -0.2) is 4.98 Å². The van der Waals surface area contributed by atoms with E-state index in [0.29, 0.717) is 10.7 Å². The molecule has 0 saturated carbocycles. The van der Waals surface area contributed by atoms with Gasteiger partial charge in [-0.3, -0.25) is 10.1 Å². The average Bonchev–Trinajstić information content (AvgIpc) is 2.37. The summed E-state index contributed by atoms with van der Waals surface area (Å²) < 4.78 is 5.48. The normalized spacial score (nSPS) is 10.2. The van der Waals surface area contributed by atoms with Crippen LogP contribution in [0, 0.1) is 17.0 Å². The van der Waals surface area contributed by atoms with E-state index in [1.54, 1.807) is 30.5 Å². The third-order valence-corrected chi connectivity index (χ3v) is 2.87. The summed E-state index contributed by atoms with van der Waals surface area (Å²) >= 11 is 5.90. The molecule has 0 saturated heterocycles. The topological polar surface area (TPSA) is 65.3 Å². The molecule has 1 aromatic carbocycles. The van der Waals surface area contributed by atoms with E-state index in [1.807, 2.05) is 6.92 Å². The summed E-state index contributed by atoms with van der Waals surface area (Å²) in [5, 5.41) is 11.2. The van der Waals surface area contributed by atoms with Crippen LogP contribution in [0.2, 0.25) is 5.15 Å². The molecule has 1 heterocycles. The third kappa shape index (κ3) is 3.20. The van der Waals surface area contributed by atoms with Gasteiger partial charge in [0.05, 0.1) is 4.92 Å². The molecule has 0 amide bonds. The van der Waals surface area contributed by atoms with Crippen molar-refractivity contribution in [1.29, 1.82) is 0 Å². The lowest BCUT2D eigenvalue weighted by molar-refractivity contribution is -0.386. The molecule has 2 aromatic rings. The molecular formula is C13H11ClN2O3. The van der Waals surface area contributed by atoms with Crippen molar-refractivity contribution < 1.29 is 9.66 Å². The molecule has 0 fully saturated rings. The fraction of sp³-hybridized carbons (Fsp3) is 0.154. The molecule has 0 N–H and O–H groups in total. The molecule has 0 aliphatic heterocycles. The van der Waals surface area contributed by atoms with E-state index in [4.69, 9.17) is 16.3 Å². The molecule has 6 heteroatoms. The number of hydrogen-bond donors (Lipinski definition) is 0. The predicted octanol–water partition coefficient (Wildman–Crippen LogP) is 3.53. The van der Waals surface area contributed by atoms with Crippen molar-refractivity contribution in [1.82, 2.24) is 4.98 Å². The van der Waals surface area contributed by atoms with Crippen LogP contribution in [-0.4, -0.2) is 9.91 Å². The maximum absolute atomic E-state index is 10.9. The zero-order chi connectivity index (χ0) is 13.8. The maximum atomic E-state index is 10.9. The summed E-state index contributed by atoms with van der Waals surface area (Å²) in [5.41, 5.74) is 1.50. The maximum Gasteiger partial charge on any atom is 0.310 e. The van der Waals surface area contributed by atoms with Gasteiger partial charge >= 0.3 is 5.69 Å². The van der Waals surface area contributed by atoms with E-state index < -0.39 is 4.92 Å². The molecule has 0 bridgehead atoms. The molecular weight excluding hydrogens is 268 g/mol. The number of nitrogens with zero attached hydrogens (tertiary/aromatic N) is 2. The number of nitro groups is 1. The lowest BCUT2D eigenvalue weighted by atomic mass is 10.2. The molecule has 0 radical (unpaired) electrons. The lowest BCUT2D eigenvalue weighted by Gasteiger charge is -2.08. The second kappa shape index (κ2) is 5.67. The van der Waals surface area contributed by atoms with Crippen molar-refractivity contribution in [3.05, 3.63) is 62.9 Å². The number of aryl methyl sites for hydroxylation is 1. The van der Waals surface area contributed by atoms with Crippen LogP contribution in [0.4, 0.5) is 5.69 Å². The van der Waals surface area contributed by atoms with Gasteiger partial charge in [0.1, 0.15) is 11.8 Å². The second-order valence-electron chi connectivity index (χ2n) is 3.97. The molecule has 0 aliphatic carbocycles. The Morgan fingerprint density at radius 3 is 2.89 bits per heavy atom. The van der Waals surface area contributed by atoms with Gasteiger partial charge in [0, 0.05) is 17.8 Å². The van der Waals surface area contributed by atoms with Gasteiger partial charge in [0.15, 0.2) is 5.75 Å². The van der Waals surface area contributed by atoms with Gasteiger partial charge in [0.2, 0.25) is 0 Å². The summed E-state index contributed by atoms with van der Waals surface area (Å²) in [7, 11) is 0. The minimum Gasteiger partial charge on any atom is -0.482 e. The summed E-state index contributed by atoms with van der Waals surface area (Å²) in [6, 6.07) is 8.21. The number of rotatable bonds is 4. The first kappa shape index (κ1) is 13.3. The molecule has 0 atom stereocenters. The predicted molar refractivity (Wildman–Crippen MR) is 71.4 cm³/mol. The zero-order valence-corrected chi connectivity index (χ0v) is 10.9. The van der Waals surface area contributed by atoms with Crippen LogP contribution in [0.25, 0.3) is 0 Å². The van der Waals surface area contributed by atoms with Crippen LogP contribution in [0.5, 0.6) is 5.75 Å². The summed E-state index contributed by atoms with van der Waals surface area (Å²) in [6.45, 7) is 1.98. The lowest BCUT2D eigenvalue weighted by Crippen LogP contribution is -2.00. The van der Waals surface area contributed by atoms with Crippen LogP contribution in [0.1, 0.15) is 11.1 Å². The largest absolute Gasteiger partial charge is 0.482 e. The monoisotopic (exact) mass is 278 g/mol. The fourth-order valence-corrected chi connectivity index (χ4v) is 1.74. The number of nitro benzene ring substituents is 1. The van der Waals surface area contributed by atoms with Crippen LogP contribution < -0.4 is 4.74 Å². The first-order valence-corrected chi connectivity index (χ1v) is 5.93. The SMILES string of the molecule is Cc1ccc([N+](=O)[O-])c(OCc2cccnc2Cl)c1. The number of hydrogen-bond acceptors (Lipinski definition) is 4. The quantitative estimate of drug-likeness (QED) is 0.487. The van der Waals surface area contributed by atoms with Crippen LogP contribution >= 0.6 is 11.6 Å². The average molecular weight is 279 g/mol. The van der Waals surface area contributed by atoms with Crippen molar-refractivity contribution in [2.24, 2.45) is 0 Å². The number of ether oxygens (including phenoxy) is 1. The summed E-state index contributed by atoms with van der Waals surface area (Å²) in [6.07, 6.45) is 1.57. The van der Waals surface area contributed by atoms with Crippen molar-refractivity contribution >= 4 is 17.3 Å². The van der Waals surface area contributed by atoms with Crippen LogP contribution in [-0.2, 0) is 6.61 Å². The molecule has 0 aliphatic rings. The van der Waals surface area contributed by atoms with Gasteiger partial charge in [-0.05, 0) is 24.6 Å². The second-order valence-corrected chi connectivity index (χ2v) is 4.33. The smallest absolute Gasteiger partial charge is 0.310 e. The zero-order valence-electron chi connectivity index (χ0n) is 10.2. The summed E-state index contributed by atoms with van der Waals surface area (Å²) in [4.78, 5) is 14.3. The molecule has 5 nitrogen and oxygen atoms in total. The molecule has 98 valence electrons. The molecule has 0 unspecified atom stereocenters. The van der Waals surface area contributed by atoms with Gasteiger partial charge < -0.3 is 4.74 Å². The Balaban J connectivity index is 2.22. The Morgan fingerprint density at radius 2 is 2.21 bits per heavy atom. The van der Waals surface area contributed by atoms with Gasteiger partial charge in [0.25, 0.3) is 0 Å². The van der Waals surface area contributed by atoms with E-state index in [0.717, 1.165) is 5.56 Å². The molecule has 2 rings (SSSR count). The van der Waals surface area contributed by atoms with Gasteiger partial charge in [-0.2, -0.15) is 0 Å². The molecule has 0 spiro atoms. The first-order chi connectivity index (χ1) is 9.08. The standard InChI is InChI=1S/C13H11ClN2O3/c1-9-4-5-11(16(17)18)12(7-9)19-8-10-3-2-6-15-13(10)14/h2-7H,8H2,1H3. The van der Waals surface area contributed by atoms with E-state index in [1.165, 1.54) is 6.07 Å². The van der Waals surface area contributed by atoms with Gasteiger partial charge in [-0.15, -0.1) is 0 Å². The minimum absolute atomic E-state index is 0.0642. The van der Waals surface area contributed by atoms with E-state index in [2.05, 4.69) is 4.98 Å². The minimum atomic E-state index is -0.473. The van der Waals surface area contributed by atoms with E-state index in [9.17, 15) is 10.1 Å². The van der Waals surface area contributed by atoms with Crippen LogP contribution in [0.15, 0.2) is 36.5 Å². The fourth-order valence-electron chi connectivity index (χ4n) is 1.57. The summed E-state index contributed by atoms with van der Waals surface area (Å²) in [5.74, 6) is 0.227. The number of halogens is 1. The highest BCUT2D eigenvalue weighted by atomic mass is 35.5. The Bertz CT molecular complexity index is 617. The molecule has 19 heavy (non-hydrogen) atoms. The van der Waals surface area contributed by atoms with E-state index in [-0.39, 0.29) is 18.0 Å². The van der Waals surface area contributed by atoms with E-state index >= 15 is 0 Å². The Hall–Kier alpha value is -2.14. The number of aromatic nitrogens is 1. The third-order valence-electron chi connectivity index (χ3n) is 2.53. The highest BCUT2D eigenvalue weighted by Gasteiger charge is 2.15. The number of benzene rings is 1. The van der Waals surface area contributed by atoms with Crippen LogP contribution in [0.3, 0.4) is 0 Å². The van der Waals surface area contributed by atoms with Crippen molar-refractivity contribution in [2.45, 2.75) is 13.5 Å². The molecule has 1 aromatic heterocycles. The van der Waals surface area contributed by atoms with Crippen molar-refractivity contribution in [2.75, 3.05) is 0 Å². The highest BCUT2D eigenvalue weighted by molar-refractivity contribution is 6.30. The number of pyridine rings is 1. The first-order valence-electron chi connectivity index (χ1n) is 5.55. The Kier molecular flexibility index (Phi) is 3.97. The van der Waals surface area contributed by atoms with Gasteiger partial charge in [-0.1, -0.05) is 23.7 Å². The van der Waals surface area contributed by atoms with Crippen molar-refractivity contribution in [3.8, 4) is 5.75 Å². The highest BCUT2D eigenvalue weighted by Crippen LogP contribution is 2.28. The Labute approximate surface area is 115 Å².